The van der Waals surface area contributed by atoms with Crippen LogP contribution in [0.3, 0.4) is 0 Å². The van der Waals surface area contributed by atoms with Gasteiger partial charge in [0.05, 0.1) is 11.9 Å². The summed E-state index contributed by atoms with van der Waals surface area (Å²) in [6.45, 7) is 5.37. The number of aliphatic hydroxyl groups excluding tert-OH is 2. The zero-order chi connectivity index (χ0) is 7.98. The van der Waals surface area contributed by atoms with Crippen LogP contribution in [0.15, 0.2) is 12.3 Å². The van der Waals surface area contributed by atoms with E-state index in [1.54, 1.807) is 0 Å². The van der Waals surface area contributed by atoms with Crippen molar-refractivity contribution in [3.05, 3.63) is 12.3 Å². The van der Waals surface area contributed by atoms with Gasteiger partial charge in [0.2, 0.25) is 0 Å². The Balaban J connectivity index is 3.25. The van der Waals surface area contributed by atoms with Gasteiger partial charge in [0.1, 0.15) is 0 Å². The first-order valence-corrected chi connectivity index (χ1v) is 3.71. The van der Waals surface area contributed by atoms with Crippen LogP contribution in [0.25, 0.3) is 0 Å². The summed E-state index contributed by atoms with van der Waals surface area (Å²) < 4.78 is 0. The third-order valence-corrected chi connectivity index (χ3v) is 1.36. The van der Waals surface area contributed by atoms with Crippen molar-refractivity contribution in [2.45, 2.75) is 38.7 Å². The van der Waals surface area contributed by atoms with E-state index in [1.165, 1.54) is 0 Å². The zero-order valence-corrected chi connectivity index (χ0v) is 6.51. The number of hydrogen-bond acceptors (Lipinski definition) is 2. The van der Waals surface area contributed by atoms with Crippen LogP contribution in [0.4, 0.5) is 0 Å². The molecule has 0 aliphatic rings. The van der Waals surface area contributed by atoms with Crippen molar-refractivity contribution in [2.75, 3.05) is 0 Å². The maximum Gasteiger partial charge on any atom is 0.0876 e. The molecule has 0 rings (SSSR count). The highest BCUT2D eigenvalue weighted by Crippen LogP contribution is 2.07. The lowest BCUT2D eigenvalue weighted by Crippen LogP contribution is -2.06. The summed E-state index contributed by atoms with van der Waals surface area (Å²) in [5.74, 6) is 0.0728. The summed E-state index contributed by atoms with van der Waals surface area (Å²) in [6, 6.07) is 0. The molecule has 60 valence electrons. The number of rotatable bonds is 5. The van der Waals surface area contributed by atoms with Gasteiger partial charge in [-0.15, -0.1) is 0 Å². The van der Waals surface area contributed by atoms with E-state index in [0.29, 0.717) is 6.42 Å². The van der Waals surface area contributed by atoms with Crippen LogP contribution >= 0.6 is 0 Å². The van der Waals surface area contributed by atoms with Gasteiger partial charge in [-0.05, 0) is 6.42 Å². The molecule has 0 aromatic rings. The molecule has 0 saturated carbocycles. The second-order valence-electron chi connectivity index (χ2n) is 2.57. The van der Waals surface area contributed by atoms with Gasteiger partial charge in [-0.3, -0.25) is 0 Å². The fraction of sp³-hybridized carbons (Fsp3) is 0.750. The second kappa shape index (κ2) is 5.30. The van der Waals surface area contributed by atoms with Crippen LogP contribution in [0.2, 0.25) is 0 Å². The van der Waals surface area contributed by atoms with Gasteiger partial charge in [-0.1, -0.05) is 26.3 Å². The molecular formula is C8H16O2. The Hall–Kier alpha value is -0.500. The minimum Gasteiger partial charge on any atom is -0.513 e. The lowest BCUT2D eigenvalue weighted by Gasteiger charge is -2.07. The first-order chi connectivity index (χ1) is 4.66. The highest BCUT2D eigenvalue weighted by Gasteiger charge is 2.03. The van der Waals surface area contributed by atoms with E-state index in [0.717, 1.165) is 19.3 Å². The topological polar surface area (TPSA) is 40.5 Å². The van der Waals surface area contributed by atoms with Gasteiger partial charge >= 0.3 is 0 Å². The predicted octanol–water partition coefficient (Wildman–Crippen LogP) is 2.00. The molecule has 0 aliphatic carbocycles. The van der Waals surface area contributed by atoms with Crippen molar-refractivity contribution in [2.24, 2.45) is 0 Å². The Kier molecular flexibility index (Phi) is 5.03. The summed E-state index contributed by atoms with van der Waals surface area (Å²) in [7, 11) is 0. The third kappa shape index (κ3) is 5.63. The second-order valence-corrected chi connectivity index (χ2v) is 2.57. The third-order valence-electron chi connectivity index (χ3n) is 1.36. The Bertz CT molecular complexity index is 99.4. The average molecular weight is 144 g/mol. The van der Waals surface area contributed by atoms with E-state index in [4.69, 9.17) is 10.2 Å². The average Bonchev–Trinajstić information content (AvgIpc) is 1.82. The molecule has 0 spiro atoms. The van der Waals surface area contributed by atoms with Crippen LogP contribution in [0, 0.1) is 0 Å². The van der Waals surface area contributed by atoms with Crippen molar-refractivity contribution in [1.82, 2.24) is 0 Å². The molecule has 1 atom stereocenters. The highest BCUT2D eigenvalue weighted by atomic mass is 16.3. The predicted molar refractivity (Wildman–Crippen MR) is 41.9 cm³/mol. The fourth-order valence-corrected chi connectivity index (χ4v) is 0.814. The van der Waals surface area contributed by atoms with Crippen LogP contribution in [-0.2, 0) is 0 Å². The summed E-state index contributed by atoms with van der Waals surface area (Å²) in [5, 5.41) is 17.8. The van der Waals surface area contributed by atoms with E-state index >= 15 is 0 Å². The van der Waals surface area contributed by atoms with Crippen LogP contribution < -0.4 is 0 Å². The number of unbranched alkanes of at least 4 members (excludes halogenated alkanes) is 1. The SMILES string of the molecule is C=C(O)CC(O)CCCC. The van der Waals surface area contributed by atoms with Crippen molar-refractivity contribution in [3.63, 3.8) is 0 Å². The minimum atomic E-state index is -0.405. The molecule has 0 fully saturated rings. The van der Waals surface area contributed by atoms with Crippen LogP contribution in [-0.4, -0.2) is 16.3 Å². The normalized spacial score (nSPS) is 13.0. The molecule has 0 amide bonds. The van der Waals surface area contributed by atoms with Crippen molar-refractivity contribution < 1.29 is 10.2 Å². The molecule has 0 bridgehead atoms. The first-order valence-electron chi connectivity index (χ1n) is 3.71. The maximum absolute atomic E-state index is 9.13. The molecule has 1 unspecified atom stereocenters. The Morgan fingerprint density at radius 3 is 2.60 bits per heavy atom. The largest absolute Gasteiger partial charge is 0.513 e. The zero-order valence-electron chi connectivity index (χ0n) is 6.51. The van der Waals surface area contributed by atoms with E-state index in [1.807, 2.05) is 0 Å². The molecule has 10 heavy (non-hydrogen) atoms. The Labute approximate surface area is 62.2 Å². The van der Waals surface area contributed by atoms with Crippen LogP contribution in [0.5, 0.6) is 0 Å². The lowest BCUT2D eigenvalue weighted by molar-refractivity contribution is 0.146. The van der Waals surface area contributed by atoms with Crippen molar-refractivity contribution in [3.8, 4) is 0 Å². The van der Waals surface area contributed by atoms with Gasteiger partial charge in [0.15, 0.2) is 0 Å². The summed E-state index contributed by atoms with van der Waals surface area (Å²) in [5.41, 5.74) is 0. The summed E-state index contributed by atoms with van der Waals surface area (Å²) in [6.07, 6.45) is 2.76. The standard InChI is InChI=1S/C8H16O2/c1-3-4-5-8(10)6-7(2)9/h8-10H,2-6H2,1H3. The van der Waals surface area contributed by atoms with E-state index < -0.39 is 6.10 Å². The molecule has 0 heterocycles. The van der Waals surface area contributed by atoms with Crippen molar-refractivity contribution >= 4 is 0 Å². The Morgan fingerprint density at radius 1 is 1.60 bits per heavy atom. The lowest BCUT2D eigenvalue weighted by atomic mass is 10.1. The highest BCUT2D eigenvalue weighted by molar-refractivity contribution is 4.81. The van der Waals surface area contributed by atoms with Gasteiger partial charge in [0.25, 0.3) is 0 Å². The van der Waals surface area contributed by atoms with Crippen LogP contribution in [0.1, 0.15) is 32.6 Å². The van der Waals surface area contributed by atoms with Gasteiger partial charge in [-0.2, -0.15) is 0 Å². The van der Waals surface area contributed by atoms with Gasteiger partial charge < -0.3 is 10.2 Å². The smallest absolute Gasteiger partial charge is 0.0876 e. The van der Waals surface area contributed by atoms with E-state index in [-0.39, 0.29) is 5.76 Å². The maximum atomic E-state index is 9.13. The molecule has 2 nitrogen and oxygen atoms in total. The van der Waals surface area contributed by atoms with E-state index in [2.05, 4.69) is 13.5 Å². The monoisotopic (exact) mass is 144 g/mol. The number of aliphatic hydroxyl groups is 2. The van der Waals surface area contributed by atoms with Gasteiger partial charge in [0, 0.05) is 6.42 Å². The fourth-order valence-electron chi connectivity index (χ4n) is 0.814. The van der Waals surface area contributed by atoms with Crippen molar-refractivity contribution in [1.29, 1.82) is 0 Å². The Morgan fingerprint density at radius 2 is 2.20 bits per heavy atom. The molecule has 2 N–H and O–H groups in total. The number of hydrogen-bond donors (Lipinski definition) is 2. The molecule has 0 radical (unpaired) electrons. The molecular weight excluding hydrogens is 128 g/mol. The molecule has 0 aliphatic heterocycles. The van der Waals surface area contributed by atoms with E-state index in [9.17, 15) is 0 Å². The molecule has 2 heteroatoms. The molecule has 0 aromatic heterocycles. The first kappa shape index (κ1) is 9.50. The quantitative estimate of drug-likeness (QED) is 0.579. The summed E-state index contributed by atoms with van der Waals surface area (Å²) >= 11 is 0. The molecule has 0 aromatic carbocycles. The molecule has 0 saturated heterocycles. The van der Waals surface area contributed by atoms with Gasteiger partial charge in [-0.25, -0.2) is 0 Å². The minimum absolute atomic E-state index is 0.0728. The summed E-state index contributed by atoms with van der Waals surface area (Å²) in [4.78, 5) is 0.